The fourth-order valence-electron chi connectivity index (χ4n) is 1.95. The first-order valence-electron chi connectivity index (χ1n) is 6.77. The molecule has 0 fully saturated rings. The molecule has 0 aliphatic rings. The highest BCUT2D eigenvalue weighted by atomic mass is 32.2. The number of anilines is 2. The summed E-state index contributed by atoms with van der Waals surface area (Å²) in [6.45, 7) is 1.22. The first-order chi connectivity index (χ1) is 11.7. The molecular formula is C15H13F3N2O4S. The number of hydrogen-bond donors (Lipinski definition) is 2. The summed E-state index contributed by atoms with van der Waals surface area (Å²) in [7, 11) is -3.01. The summed E-state index contributed by atoms with van der Waals surface area (Å²) in [5.41, 5.74) is -0.681. The molecule has 1 amide bonds. The van der Waals surface area contributed by atoms with Gasteiger partial charge < -0.3 is 10.1 Å². The Morgan fingerprint density at radius 3 is 2.32 bits per heavy atom. The summed E-state index contributed by atoms with van der Waals surface area (Å²) in [6.07, 6.45) is 0. The monoisotopic (exact) mass is 374 g/mol. The highest BCUT2D eigenvalue weighted by molar-refractivity contribution is 7.92. The molecule has 0 bridgehead atoms. The Hall–Kier alpha value is -2.75. The van der Waals surface area contributed by atoms with Gasteiger partial charge in [0.05, 0.1) is 23.4 Å². The van der Waals surface area contributed by atoms with Crippen molar-refractivity contribution in [1.29, 1.82) is 0 Å². The second-order valence-electron chi connectivity index (χ2n) is 4.87. The maximum Gasteiger partial charge on any atom is 0.262 e. The lowest BCUT2D eigenvalue weighted by atomic mass is 10.3. The maximum atomic E-state index is 13.7. The van der Waals surface area contributed by atoms with Crippen molar-refractivity contribution in [3.05, 3.63) is 47.8 Å². The smallest absolute Gasteiger partial charge is 0.262 e. The van der Waals surface area contributed by atoms with E-state index in [1.165, 1.54) is 20.1 Å². The summed E-state index contributed by atoms with van der Waals surface area (Å²) >= 11 is 0. The van der Waals surface area contributed by atoms with Crippen LogP contribution in [0.4, 0.5) is 24.5 Å². The van der Waals surface area contributed by atoms with Crippen molar-refractivity contribution in [2.75, 3.05) is 17.1 Å². The number of rotatable bonds is 5. The topological polar surface area (TPSA) is 84.5 Å². The number of hydrogen-bond acceptors (Lipinski definition) is 4. The average molecular weight is 374 g/mol. The third-order valence-electron chi connectivity index (χ3n) is 3.07. The Kier molecular flexibility index (Phi) is 5.21. The minimum Gasteiger partial charge on any atom is -0.495 e. The van der Waals surface area contributed by atoms with Gasteiger partial charge in [0.25, 0.3) is 10.0 Å². The Balaban J connectivity index is 2.43. The van der Waals surface area contributed by atoms with Crippen LogP contribution in [0.3, 0.4) is 0 Å². The molecule has 2 aromatic rings. The molecule has 0 radical (unpaired) electrons. The van der Waals surface area contributed by atoms with E-state index in [1.807, 2.05) is 4.72 Å². The zero-order valence-corrected chi connectivity index (χ0v) is 13.9. The second-order valence-corrected chi connectivity index (χ2v) is 6.55. The number of ether oxygens (including phenoxy) is 1. The van der Waals surface area contributed by atoms with Gasteiger partial charge in [0.1, 0.15) is 5.75 Å². The van der Waals surface area contributed by atoms with Crippen molar-refractivity contribution in [2.45, 2.75) is 11.8 Å². The molecule has 0 spiro atoms. The molecule has 2 rings (SSSR count). The first kappa shape index (κ1) is 18.6. The molecule has 10 heteroatoms. The van der Waals surface area contributed by atoms with E-state index in [0.29, 0.717) is 6.07 Å². The lowest BCUT2D eigenvalue weighted by Crippen LogP contribution is -2.16. The summed E-state index contributed by atoms with van der Waals surface area (Å²) in [6, 6.07) is 4.85. The van der Waals surface area contributed by atoms with Crippen LogP contribution in [-0.2, 0) is 14.8 Å². The molecule has 0 heterocycles. The van der Waals surface area contributed by atoms with Crippen LogP contribution in [-0.4, -0.2) is 21.4 Å². The van der Waals surface area contributed by atoms with E-state index in [2.05, 4.69) is 5.32 Å². The number of nitrogens with one attached hydrogen (secondary N) is 2. The molecular weight excluding hydrogens is 361 g/mol. The van der Waals surface area contributed by atoms with Crippen molar-refractivity contribution in [3.8, 4) is 5.75 Å². The van der Waals surface area contributed by atoms with Crippen LogP contribution >= 0.6 is 0 Å². The Labute approximate surface area is 141 Å². The van der Waals surface area contributed by atoms with Crippen molar-refractivity contribution in [3.63, 3.8) is 0 Å². The van der Waals surface area contributed by atoms with Crippen molar-refractivity contribution < 1.29 is 31.1 Å². The summed E-state index contributed by atoms with van der Waals surface area (Å²) in [5.74, 6) is -5.17. The van der Waals surface area contributed by atoms with E-state index in [1.54, 1.807) is 0 Å². The summed E-state index contributed by atoms with van der Waals surface area (Å²) in [5, 5.41) is 2.39. The molecule has 0 aliphatic carbocycles. The van der Waals surface area contributed by atoms with Crippen molar-refractivity contribution in [1.82, 2.24) is 0 Å². The fourth-order valence-corrected chi connectivity index (χ4v) is 3.04. The summed E-state index contributed by atoms with van der Waals surface area (Å²) in [4.78, 5) is 10.8. The largest absolute Gasteiger partial charge is 0.495 e. The molecule has 0 saturated carbocycles. The van der Waals surface area contributed by atoms with E-state index in [-0.39, 0.29) is 16.3 Å². The van der Waals surface area contributed by atoms with Crippen molar-refractivity contribution in [2.24, 2.45) is 0 Å². The molecule has 134 valence electrons. The van der Waals surface area contributed by atoms with E-state index in [9.17, 15) is 26.4 Å². The predicted octanol–water partition coefficient (Wildman–Crippen LogP) is 2.87. The van der Waals surface area contributed by atoms with Gasteiger partial charge in [0, 0.05) is 6.92 Å². The Morgan fingerprint density at radius 2 is 1.72 bits per heavy atom. The number of amides is 1. The Bertz CT molecular complexity index is 933. The predicted molar refractivity (Wildman–Crippen MR) is 84.4 cm³/mol. The minimum atomic E-state index is -4.33. The highest BCUT2D eigenvalue weighted by Crippen LogP contribution is 2.29. The normalized spacial score (nSPS) is 11.1. The van der Waals surface area contributed by atoms with Crippen LogP contribution in [0, 0.1) is 17.5 Å². The molecule has 0 atom stereocenters. The standard InChI is InChI=1S/C15H13F3N2O4S/c1-8(21)19-12-7-9(3-6-13(12)24-2)25(22,23)20-11-5-4-10(16)14(17)15(11)18/h3-7,20H,1-2H3,(H,19,21). The van der Waals surface area contributed by atoms with Crippen LogP contribution in [0.15, 0.2) is 35.2 Å². The second kappa shape index (κ2) is 7.01. The van der Waals surface area contributed by atoms with Crippen LogP contribution < -0.4 is 14.8 Å². The number of carbonyl (C=O) groups excluding carboxylic acids is 1. The molecule has 0 aromatic heterocycles. The van der Waals surface area contributed by atoms with Gasteiger partial charge in [-0.05, 0) is 30.3 Å². The molecule has 6 nitrogen and oxygen atoms in total. The van der Waals surface area contributed by atoms with Gasteiger partial charge in [-0.1, -0.05) is 0 Å². The van der Waals surface area contributed by atoms with Crippen LogP contribution in [0.5, 0.6) is 5.75 Å². The number of halogens is 3. The lowest BCUT2D eigenvalue weighted by molar-refractivity contribution is -0.114. The average Bonchev–Trinajstić information content (AvgIpc) is 2.55. The van der Waals surface area contributed by atoms with E-state index in [0.717, 1.165) is 18.2 Å². The molecule has 0 unspecified atom stereocenters. The maximum absolute atomic E-state index is 13.7. The van der Waals surface area contributed by atoms with Crippen LogP contribution in [0.25, 0.3) is 0 Å². The van der Waals surface area contributed by atoms with Crippen LogP contribution in [0.2, 0.25) is 0 Å². The zero-order valence-electron chi connectivity index (χ0n) is 13.1. The van der Waals surface area contributed by atoms with Gasteiger partial charge in [-0.2, -0.15) is 0 Å². The van der Waals surface area contributed by atoms with Gasteiger partial charge in [-0.25, -0.2) is 21.6 Å². The lowest BCUT2D eigenvalue weighted by Gasteiger charge is -2.13. The first-order valence-corrected chi connectivity index (χ1v) is 8.26. The molecule has 2 aromatic carbocycles. The van der Waals surface area contributed by atoms with Gasteiger partial charge in [0.15, 0.2) is 17.5 Å². The number of benzene rings is 2. The fraction of sp³-hybridized carbons (Fsp3) is 0.133. The highest BCUT2D eigenvalue weighted by Gasteiger charge is 2.21. The molecule has 25 heavy (non-hydrogen) atoms. The molecule has 2 N–H and O–H groups in total. The van der Waals surface area contributed by atoms with Gasteiger partial charge >= 0.3 is 0 Å². The van der Waals surface area contributed by atoms with Crippen molar-refractivity contribution >= 4 is 27.3 Å². The van der Waals surface area contributed by atoms with Gasteiger partial charge in [-0.15, -0.1) is 0 Å². The summed E-state index contributed by atoms with van der Waals surface area (Å²) < 4.78 is 71.3. The van der Waals surface area contributed by atoms with E-state index < -0.39 is 39.1 Å². The Morgan fingerprint density at radius 1 is 1.04 bits per heavy atom. The zero-order chi connectivity index (χ0) is 18.8. The third-order valence-corrected chi connectivity index (χ3v) is 4.43. The number of carbonyl (C=O) groups is 1. The molecule has 0 aliphatic heterocycles. The van der Waals surface area contributed by atoms with Crippen LogP contribution in [0.1, 0.15) is 6.92 Å². The number of sulfonamides is 1. The minimum absolute atomic E-state index is 0.0728. The van der Waals surface area contributed by atoms with E-state index in [4.69, 9.17) is 4.74 Å². The number of methoxy groups -OCH3 is 1. The van der Waals surface area contributed by atoms with Gasteiger partial charge in [-0.3, -0.25) is 9.52 Å². The van der Waals surface area contributed by atoms with E-state index >= 15 is 0 Å². The quantitative estimate of drug-likeness (QED) is 0.789. The third kappa shape index (κ3) is 4.02. The van der Waals surface area contributed by atoms with Gasteiger partial charge in [0.2, 0.25) is 5.91 Å². The molecule has 0 saturated heterocycles. The SMILES string of the molecule is COc1ccc(S(=O)(=O)Nc2ccc(F)c(F)c2F)cc1NC(C)=O.